The van der Waals surface area contributed by atoms with E-state index in [0.717, 1.165) is 19.3 Å². The maximum Gasteiger partial charge on any atom is 0.244 e. The molecule has 0 unspecified atom stereocenters. The fraction of sp³-hybridized carbons (Fsp3) is 0.615. The fourth-order valence-electron chi connectivity index (χ4n) is 2.13. The maximum atomic E-state index is 12.3. The van der Waals surface area contributed by atoms with Crippen molar-refractivity contribution in [1.82, 2.24) is 9.71 Å². The van der Waals surface area contributed by atoms with E-state index in [-0.39, 0.29) is 10.3 Å². The van der Waals surface area contributed by atoms with Crippen LogP contribution >= 0.6 is 0 Å². The normalized spacial score (nSPS) is 16.9. The zero-order valence-electron chi connectivity index (χ0n) is 11.8. The first-order valence-electron chi connectivity index (χ1n) is 6.64. The molecule has 0 spiro atoms. The van der Waals surface area contributed by atoms with Gasteiger partial charge in [0.25, 0.3) is 0 Å². The second-order valence-corrected chi connectivity index (χ2v) is 6.90. The molecule has 1 heterocycles. The summed E-state index contributed by atoms with van der Waals surface area (Å²) in [7, 11) is -0.220. The molecule has 0 saturated heterocycles. The van der Waals surface area contributed by atoms with Gasteiger partial charge < -0.3 is 10.1 Å². The molecule has 7 heteroatoms. The van der Waals surface area contributed by atoms with Crippen molar-refractivity contribution < 1.29 is 13.2 Å². The minimum absolute atomic E-state index is 0.0745. The van der Waals surface area contributed by atoms with Gasteiger partial charge in [-0.15, -0.1) is 0 Å². The van der Waals surface area contributed by atoms with E-state index in [1.807, 2.05) is 0 Å². The van der Waals surface area contributed by atoms with E-state index in [9.17, 15) is 8.42 Å². The predicted octanol–water partition coefficient (Wildman–Crippen LogP) is 1.22. The highest BCUT2D eigenvalue weighted by Crippen LogP contribution is 2.48. The number of ether oxygens (including phenoxy) is 1. The third-order valence-electron chi connectivity index (χ3n) is 3.73. The summed E-state index contributed by atoms with van der Waals surface area (Å²) in [4.78, 5) is 4.21. The summed E-state index contributed by atoms with van der Waals surface area (Å²) in [5.74, 6) is 0.363. The average Bonchev–Trinajstić information content (AvgIpc) is 3.24. The van der Waals surface area contributed by atoms with Crippen molar-refractivity contribution in [3.8, 4) is 0 Å². The molecule has 0 atom stereocenters. The van der Waals surface area contributed by atoms with E-state index in [1.165, 1.54) is 0 Å². The second-order valence-electron chi connectivity index (χ2n) is 5.17. The first-order valence-corrected chi connectivity index (χ1v) is 8.13. The first-order chi connectivity index (χ1) is 9.53. The van der Waals surface area contributed by atoms with Gasteiger partial charge in [0.2, 0.25) is 10.0 Å². The molecule has 0 amide bonds. The van der Waals surface area contributed by atoms with Crippen LogP contribution < -0.4 is 10.0 Å². The Morgan fingerprint density at radius 2 is 2.20 bits per heavy atom. The number of aromatic nitrogens is 1. The van der Waals surface area contributed by atoms with E-state index >= 15 is 0 Å². The van der Waals surface area contributed by atoms with Crippen LogP contribution in [0.15, 0.2) is 23.2 Å². The molecule has 6 nitrogen and oxygen atoms in total. The van der Waals surface area contributed by atoms with Gasteiger partial charge in [0.05, 0.1) is 0 Å². The maximum absolute atomic E-state index is 12.3. The monoisotopic (exact) mass is 299 g/mol. The quantitative estimate of drug-likeness (QED) is 0.754. The minimum Gasteiger partial charge on any atom is -0.385 e. The standard InChI is InChI=1S/C13H21N3O3S/c1-14-12-11(4-3-8-15-12)20(17,18)16-10-13(5-6-13)7-9-19-2/h3-4,8,16H,5-7,9-10H2,1-2H3,(H,14,15). The number of nitrogens with one attached hydrogen (secondary N) is 2. The molecule has 0 radical (unpaired) electrons. The summed E-state index contributed by atoms with van der Waals surface area (Å²) in [6, 6.07) is 3.17. The van der Waals surface area contributed by atoms with Gasteiger partial charge in [-0.3, -0.25) is 0 Å². The highest BCUT2D eigenvalue weighted by molar-refractivity contribution is 7.89. The molecule has 2 N–H and O–H groups in total. The smallest absolute Gasteiger partial charge is 0.244 e. The highest BCUT2D eigenvalue weighted by Gasteiger charge is 2.42. The number of pyridine rings is 1. The van der Waals surface area contributed by atoms with E-state index in [0.29, 0.717) is 19.0 Å². The number of hydrogen-bond acceptors (Lipinski definition) is 5. The van der Waals surface area contributed by atoms with Crippen LogP contribution in [-0.4, -0.2) is 40.7 Å². The van der Waals surface area contributed by atoms with E-state index in [4.69, 9.17) is 4.74 Å². The molecular formula is C13H21N3O3S. The SMILES string of the molecule is CNc1ncccc1S(=O)(=O)NCC1(CCOC)CC1. The number of sulfonamides is 1. The third kappa shape index (κ3) is 3.47. The van der Waals surface area contributed by atoms with Crippen LogP contribution in [0.4, 0.5) is 5.82 Å². The summed E-state index contributed by atoms with van der Waals surface area (Å²) >= 11 is 0. The molecule has 20 heavy (non-hydrogen) atoms. The van der Waals surface area contributed by atoms with E-state index in [1.54, 1.807) is 32.5 Å². The summed E-state index contributed by atoms with van der Waals surface area (Å²) in [6.45, 7) is 1.12. The highest BCUT2D eigenvalue weighted by atomic mass is 32.2. The molecule has 112 valence electrons. The van der Waals surface area contributed by atoms with Crippen molar-refractivity contribution in [1.29, 1.82) is 0 Å². The predicted molar refractivity (Wildman–Crippen MR) is 77.1 cm³/mol. The minimum atomic E-state index is -3.54. The Hall–Kier alpha value is -1.18. The lowest BCUT2D eigenvalue weighted by Gasteiger charge is -2.16. The number of anilines is 1. The zero-order chi connectivity index (χ0) is 14.6. The molecule has 1 aliphatic carbocycles. The average molecular weight is 299 g/mol. The molecule has 0 aromatic carbocycles. The van der Waals surface area contributed by atoms with Crippen molar-refractivity contribution in [2.45, 2.75) is 24.2 Å². The lowest BCUT2D eigenvalue weighted by Crippen LogP contribution is -2.31. The Kier molecular flexibility index (Phi) is 4.62. The Balaban J connectivity index is 2.05. The van der Waals surface area contributed by atoms with Crippen LogP contribution in [0, 0.1) is 5.41 Å². The van der Waals surface area contributed by atoms with Crippen molar-refractivity contribution in [3.63, 3.8) is 0 Å². The zero-order valence-corrected chi connectivity index (χ0v) is 12.7. The van der Waals surface area contributed by atoms with Gasteiger partial charge in [-0.1, -0.05) is 0 Å². The number of nitrogens with zero attached hydrogens (tertiary/aromatic N) is 1. The van der Waals surface area contributed by atoms with E-state index in [2.05, 4.69) is 15.0 Å². The van der Waals surface area contributed by atoms with Crippen molar-refractivity contribution in [2.75, 3.05) is 32.6 Å². The largest absolute Gasteiger partial charge is 0.385 e. The van der Waals surface area contributed by atoms with Crippen LogP contribution in [-0.2, 0) is 14.8 Å². The molecule has 1 fully saturated rings. The molecule has 1 aromatic rings. The molecule has 0 aliphatic heterocycles. The molecule has 2 rings (SSSR count). The van der Waals surface area contributed by atoms with Gasteiger partial charge in [0, 0.05) is 33.5 Å². The third-order valence-corrected chi connectivity index (χ3v) is 5.16. The fourth-order valence-corrected chi connectivity index (χ4v) is 3.45. The van der Waals surface area contributed by atoms with Crippen LogP contribution in [0.1, 0.15) is 19.3 Å². The van der Waals surface area contributed by atoms with E-state index < -0.39 is 10.0 Å². The van der Waals surface area contributed by atoms with Gasteiger partial charge in [-0.05, 0) is 36.8 Å². The van der Waals surface area contributed by atoms with Gasteiger partial charge in [-0.25, -0.2) is 18.1 Å². The van der Waals surface area contributed by atoms with Gasteiger partial charge >= 0.3 is 0 Å². The summed E-state index contributed by atoms with van der Waals surface area (Å²) < 4.78 is 32.4. The summed E-state index contributed by atoms with van der Waals surface area (Å²) in [5, 5.41) is 2.80. The van der Waals surface area contributed by atoms with Crippen molar-refractivity contribution in [2.24, 2.45) is 5.41 Å². The van der Waals surface area contributed by atoms with Crippen LogP contribution in [0.5, 0.6) is 0 Å². The Morgan fingerprint density at radius 1 is 1.45 bits per heavy atom. The topological polar surface area (TPSA) is 80.3 Å². The second kappa shape index (κ2) is 6.07. The van der Waals surface area contributed by atoms with Crippen LogP contribution in [0.3, 0.4) is 0 Å². The van der Waals surface area contributed by atoms with Crippen LogP contribution in [0.25, 0.3) is 0 Å². The Bertz CT molecular complexity index is 556. The number of methoxy groups -OCH3 is 1. The first kappa shape index (κ1) is 15.2. The van der Waals surface area contributed by atoms with Crippen LogP contribution in [0.2, 0.25) is 0 Å². The molecular weight excluding hydrogens is 278 g/mol. The molecule has 1 saturated carbocycles. The van der Waals surface area contributed by atoms with Gasteiger partial charge in [-0.2, -0.15) is 0 Å². The molecule has 0 bridgehead atoms. The van der Waals surface area contributed by atoms with Gasteiger partial charge in [0.1, 0.15) is 10.7 Å². The molecule has 1 aliphatic rings. The Labute approximate surface area is 120 Å². The molecule has 1 aromatic heterocycles. The summed E-state index contributed by atoms with van der Waals surface area (Å²) in [6.07, 6.45) is 4.54. The van der Waals surface area contributed by atoms with Gasteiger partial charge in [0.15, 0.2) is 0 Å². The van der Waals surface area contributed by atoms with Crippen molar-refractivity contribution >= 4 is 15.8 Å². The number of hydrogen-bond donors (Lipinski definition) is 2. The summed E-state index contributed by atoms with van der Waals surface area (Å²) in [5.41, 5.74) is 0.0745. The lowest BCUT2D eigenvalue weighted by atomic mass is 10.0. The number of rotatable bonds is 8. The Morgan fingerprint density at radius 3 is 2.80 bits per heavy atom. The van der Waals surface area contributed by atoms with Crippen molar-refractivity contribution in [3.05, 3.63) is 18.3 Å². The lowest BCUT2D eigenvalue weighted by molar-refractivity contribution is 0.173.